The number of pyridine rings is 1. The first-order valence-electron chi connectivity index (χ1n) is 9.11. The van der Waals surface area contributed by atoms with Gasteiger partial charge in [-0.3, -0.25) is 9.78 Å². The number of benzene rings is 1. The van der Waals surface area contributed by atoms with Crippen molar-refractivity contribution in [1.82, 2.24) is 9.29 Å². The molecule has 0 aliphatic heterocycles. The van der Waals surface area contributed by atoms with Crippen LogP contribution in [0.2, 0.25) is 0 Å². The predicted molar refractivity (Wildman–Crippen MR) is 105 cm³/mol. The lowest BCUT2D eigenvalue weighted by Gasteiger charge is -2.27. The van der Waals surface area contributed by atoms with Gasteiger partial charge in [-0.05, 0) is 49.2 Å². The monoisotopic (exact) mass is 406 g/mol. The van der Waals surface area contributed by atoms with E-state index in [-0.39, 0.29) is 18.0 Å². The van der Waals surface area contributed by atoms with Gasteiger partial charge in [-0.15, -0.1) is 0 Å². The normalized spacial score (nSPS) is 12.6. The average Bonchev–Trinajstić information content (AvgIpc) is 2.72. The van der Waals surface area contributed by atoms with Crippen LogP contribution in [0.4, 0.5) is 0 Å². The number of esters is 1. The second-order valence-corrected chi connectivity index (χ2v) is 8.17. The van der Waals surface area contributed by atoms with Crippen molar-refractivity contribution in [3.63, 3.8) is 0 Å². The van der Waals surface area contributed by atoms with Crippen LogP contribution in [0.5, 0.6) is 5.75 Å². The number of methoxy groups -OCH3 is 1. The molecule has 1 aromatic heterocycles. The number of ether oxygens (including phenoxy) is 2. The van der Waals surface area contributed by atoms with Crippen LogP contribution >= 0.6 is 0 Å². The number of nitrogens with zero attached hydrogens (tertiary/aromatic N) is 2. The highest BCUT2D eigenvalue weighted by atomic mass is 32.2. The lowest BCUT2D eigenvalue weighted by Crippen LogP contribution is -2.43. The zero-order chi connectivity index (χ0) is 20.6. The molecular formula is C20H26N2O5S. The van der Waals surface area contributed by atoms with Gasteiger partial charge in [0.25, 0.3) is 0 Å². The molecule has 8 heteroatoms. The van der Waals surface area contributed by atoms with E-state index in [0.29, 0.717) is 11.3 Å². The van der Waals surface area contributed by atoms with E-state index in [9.17, 15) is 13.2 Å². The Bertz CT molecular complexity index is 854. The Morgan fingerprint density at radius 3 is 2.50 bits per heavy atom. The summed E-state index contributed by atoms with van der Waals surface area (Å²) in [6, 6.07) is 8.55. The molecule has 0 saturated heterocycles. The van der Waals surface area contributed by atoms with Crippen molar-refractivity contribution in [2.45, 2.75) is 44.2 Å². The maximum Gasteiger partial charge on any atom is 0.324 e. The summed E-state index contributed by atoms with van der Waals surface area (Å²) in [6.07, 6.45) is 4.79. The van der Waals surface area contributed by atoms with Gasteiger partial charge in [0, 0.05) is 18.9 Å². The Labute approximate surface area is 166 Å². The summed E-state index contributed by atoms with van der Waals surface area (Å²) in [4.78, 5) is 16.6. The second kappa shape index (κ2) is 10.2. The molecular weight excluding hydrogens is 380 g/mol. The fraction of sp³-hybridized carbons (Fsp3) is 0.400. The van der Waals surface area contributed by atoms with Gasteiger partial charge >= 0.3 is 5.97 Å². The van der Waals surface area contributed by atoms with E-state index in [2.05, 4.69) is 4.98 Å². The van der Waals surface area contributed by atoms with Crippen LogP contribution in [0.25, 0.3) is 0 Å². The van der Waals surface area contributed by atoms with Gasteiger partial charge in [0.05, 0.1) is 18.6 Å². The third-order valence-corrected chi connectivity index (χ3v) is 6.17. The number of hydrogen-bond acceptors (Lipinski definition) is 6. The summed E-state index contributed by atoms with van der Waals surface area (Å²) in [5.41, 5.74) is 0.674. The number of aromatic nitrogens is 1. The van der Waals surface area contributed by atoms with Gasteiger partial charge in [0.15, 0.2) is 0 Å². The first-order chi connectivity index (χ1) is 13.4. The fourth-order valence-electron chi connectivity index (χ4n) is 2.54. The van der Waals surface area contributed by atoms with Crippen molar-refractivity contribution in [2.24, 2.45) is 0 Å². The molecule has 0 amide bonds. The van der Waals surface area contributed by atoms with E-state index in [4.69, 9.17) is 9.47 Å². The standard InChI is InChI=1S/C20H26N2O5S/c1-4-5-13-27-20(23)16(2)22(15-17-7-6-12-21-14-17)28(24,25)19-10-8-18(26-3)9-11-19/h6-12,14,16H,4-5,13,15H2,1-3H3/t16-/m1/s1. The van der Waals surface area contributed by atoms with Crippen molar-refractivity contribution in [3.05, 3.63) is 54.4 Å². The van der Waals surface area contributed by atoms with Crippen LogP contribution in [0.3, 0.4) is 0 Å². The summed E-state index contributed by atoms with van der Waals surface area (Å²) < 4.78 is 38.0. The number of hydrogen-bond donors (Lipinski definition) is 0. The van der Waals surface area contributed by atoms with E-state index in [1.54, 1.807) is 36.7 Å². The Morgan fingerprint density at radius 2 is 1.93 bits per heavy atom. The largest absolute Gasteiger partial charge is 0.497 e. The average molecular weight is 407 g/mol. The topological polar surface area (TPSA) is 85.8 Å². The van der Waals surface area contributed by atoms with Crippen molar-refractivity contribution >= 4 is 16.0 Å². The van der Waals surface area contributed by atoms with Crippen LogP contribution in [-0.2, 0) is 26.1 Å². The van der Waals surface area contributed by atoms with Crippen molar-refractivity contribution < 1.29 is 22.7 Å². The third kappa shape index (κ3) is 5.53. The lowest BCUT2D eigenvalue weighted by molar-refractivity contribution is -0.147. The SMILES string of the molecule is CCCCOC(=O)[C@@H](C)N(Cc1cccnc1)S(=O)(=O)c1ccc(OC)cc1. The molecule has 1 aromatic carbocycles. The molecule has 2 aromatic rings. The Kier molecular flexibility index (Phi) is 7.95. The number of rotatable bonds is 10. The van der Waals surface area contributed by atoms with Crippen molar-refractivity contribution in [1.29, 1.82) is 0 Å². The molecule has 0 radical (unpaired) electrons. The number of unbranched alkanes of at least 4 members (excludes halogenated alkanes) is 1. The van der Waals surface area contributed by atoms with Gasteiger partial charge < -0.3 is 9.47 Å². The highest BCUT2D eigenvalue weighted by molar-refractivity contribution is 7.89. The lowest BCUT2D eigenvalue weighted by atomic mass is 10.2. The van der Waals surface area contributed by atoms with E-state index in [1.165, 1.54) is 26.2 Å². The minimum atomic E-state index is -3.95. The molecule has 1 heterocycles. The molecule has 0 bridgehead atoms. The molecule has 0 aliphatic rings. The maximum absolute atomic E-state index is 13.3. The molecule has 152 valence electrons. The summed E-state index contributed by atoms with van der Waals surface area (Å²) in [7, 11) is -2.44. The van der Waals surface area contributed by atoms with Crippen molar-refractivity contribution in [2.75, 3.05) is 13.7 Å². The summed E-state index contributed by atoms with van der Waals surface area (Å²) in [5.74, 6) is -0.0285. The first kappa shape index (κ1) is 21.8. The van der Waals surface area contributed by atoms with Crippen LogP contribution in [0.15, 0.2) is 53.7 Å². The van der Waals surface area contributed by atoms with Crippen molar-refractivity contribution in [3.8, 4) is 5.75 Å². The van der Waals surface area contributed by atoms with Crippen LogP contribution < -0.4 is 4.74 Å². The van der Waals surface area contributed by atoms with Gasteiger partial charge in [-0.25, -0.2) is 8.42 Å². The van der Waals surface area contributed by atoms with E-state index < -0.39 is 22.0 Å². The van der Waals surface area contributed by atoms with Gasteiger partial charge in [0.2, 0.25) is 10.0 Å². The second-order valence-electron chi connectivity index (χ2n) is 6.28. The number of carbonyl (C=O) groups excluding carboxylic acids is 1. The summed E-state index contributed by atoms with van der Waals surface area (Å²) in [5, 5.41) is 0. The predicted octanol–water partition coefficient (Wildman–Crippen LogP) is 3.01. The Hall–Kier alpha value is -2.45. The fourth-order valence-corrected chi connectivity index (χ4v) is 4.11. The highest BCUT2D eigenvalue weighted by Crippen LogP contribution is 2.23. The molecule has 0 N–H and O–H groups in total. The maximum atomic E-state index is 13.3. The third-order valence-electron chi connectivity index (χ3n) is 4.24. The summed E-state index contributed by atoms with van der Waals surface area (Å²) in [6.45, 7) is 3.79. The molecule has 1 atom stereocenters. The Morgan fingerprint density at radius 1 is 1.21 bits per heavy atom. The minimum Gasteiger partial charge on any atom is -0.497 e. The quantitative estimate of drug-likeness (QED) is 0.445. The molecule has 28 heavy (non-hydrogen) atoms. The summed E-state index contributed by atoms with van der Waals surface area (Å²) >= 11 is 0. The highest BCUT2D eigenvalue weighted by Gasteiger charge is 2.34. The molecule has 0 fully saturated rings. The van der Waals surface area contributed by atoms with Gasteiger partial charge in [-0.2, -0.15) is 4.31 Å². The Balaban J connectivity index is 2.34. The molecule has 0 unspecified atom stereocenters. The van der Waals surface area contributed by atoms with Gasteiger partial charge in [0.1, 0.15) is 11.8 Å². The first-order valence-corrected chi connectivity index (χ1v) is 10.6. The molecule has 0 spiro atoms. The zero-order valence-corrected chi connectivity index (χ0v) is 17.2. The van der Waals surface area contributed by atoms with Crippen LogP contribution in [-0.4, -0.2) is 43.4 Å². The number of carbonyl (C=O) groups is 1. The minimum absolute atomic E-state index is 0.00620. The molecule has 2 rings (SSSR count). The number of sulfonamides is 1. The smallest absolute Gasteiger partial charge is 0.324 e. The molecule has 0 aliphatic carbocycles. The van der Waals surface area contributed by atoms with E-state index in [1.807, 2.05) is 6.92 Å². The van der Waals surface area contributed by atoms with E-state index >= 15 is 0 Å². The van der Waals surface area contributed by atoms with Gasteiger partial charge in [-0.1, -0.05) is 19.4 Å². The zero-order valence-electron chi connectivity index (χ0n) is 16.4. The molecule has 0 saturated carbocycles. The van der Waals surface area contributed by atoms with Crippen LogP contribution in [0, 0.1) is 0 Å². The van der Waals surface area contributed by atoms with Crippen LogP contribution in [0.1, 0.15) is 32.3 Å². The van der Waals surface area contributed by atoms with E-state index in [0.717, 1.165) is 17.1 Å². The molecule has 7 nitrogen and oxygen atoms in total.